The molecule has 3 rings (SSSR count). The second-order valence-corrected chi connectivity index (χ2v) is 6.53. The van der Waals surface area contributed by atoms with Gasteiger partial charge in [0, 0.05) is 11.6 Å². The van der Waals surface area contributed by atoms with Gasteiger partial charge in [0.1, 0.15) is 11.6 Å². The SMILES string of the molecule is COc1ccc(-c2n[nH]c(CNC(=O)/C=C/c3cc(Cl)c(OC)c(OC)c3)n2)cc1. The van der Waals surface area contributed by atoms with Crippen molar-refractivity contribution in [3.63, 3.8) is 0 Å². The number of halogens is 1. The van der Waals surface area contributed by atoms with Crippen molar-refractivity contribution < 1.29 is 19.0 Å². The van der Waals surface area contributed by atoms with Gasteiger partial charge in [0.05, 0.1) is 32.9 Å². The van der Waals surface area contributed by atoms with E-state index in [1.54, 1.807) is 25.3 Å². The lowest BCUT2D eigenvalue weighted by Gasteiger charge is -2.10. The topological polar surface area (TPSA) is 98.4 Å². The number of ether oxygens (including phenoxy) is 3. The lowest BCUT2D eigenvalue weighted by Crippen LogP contribution is -2.20. The number of nitrogens with one attached hydrogen (secondary N) is 2. The molecule has 0 saturated heterocycles. The number of rotatable bonds is 8. The summed E-state index contributed by atoms with van der Waals surface area (Å²) in [6.07, 6.45) is 3.03. The van der Waals surface area contributed by atoms with Crippen molar-refractivity contribution in [3.8, 4) is 28.6 Å². The summed E-state index contributed by atoms with van der Waals surface area (Å²) >= 11 is 6.17. The number of hydrogen-bond acceptors (Lipinski definition) is 6. The fourth-order valence-corrected chi connectivity index (χ4v) is 2.98. The van der Waals surface area contributed by atoms with E-state index in [9.17, 15) is 4.79 Å². The van der Waals surface area contributed by atoms with Crippen molar-refractivity contribution >= 4 is 23.6 Å². The molecule has 0 fully saturated rings. The average molecular weight is 429 g/mol. The summed E-state index contributed by atoms with van der Waals surface area (Å²) in [7, 11) is 4.64. The van der Waals surface area contributed by atoms with Crippen LogP contribution in [0, 0.1) is 0 Å². The van der Waals surface area contributed by atoms with Crippen LogP contribution in [0.2, 0.25) is 5.02 Å². The predicted octanol–water partition coefficient (Wildman–Crippen LogP) is 3.48. The van der Waals surface area contributed by atoms with Gasteiger partial charge < -0.3 is 19.5 Å². The van der Waals surface area contributed by atoms with Crippen molar-refractivity contribution in [2.75, 3.05) is 21.3 Å². The van der Waals surface area contributed by atoms with Crippen LogP contribution in [0.3, 0.4) is 0 Å². The van der Waals surface area contributed by atoms with Gasteiger partial charge >= 0.3 is 0 Å². The van der Waals surface area contributed by atoms with Crippen LogP contribution in [0.4, 0.5) is 0 Å². The van der Waals surface area contributed by atoms with E-state index in [1.807, 2.05) is 24.3 Å². The molecule has 0 bridgehead atoms. The first-order valence-electron chi connectivity index (χ1n) is 8.97. The molecule has 2 aromatic carbocycles. The Morgan fingerprint density at radius 1 is 1.13 bits per heavy atom. The van der Waals surface area contributed by atoms with Crippen LogP contribution in [0.5, 0.6) is 17.2 Å². The van der Waals surface area contributed by atoms with E-state index in [2.05, 4.69) is 20.5 Å². The van der Waals surface area contributed by atoms with Gasteiger partial charge in [-0.05, 0) is 48.0 Å². The second kappa shape index (κ2) is 9.80. The van der Waals surface area contributed by atoms with Crippen LogP contribution in [-0.4, -0.2) is 42.4 Å². The zero-order valence-electron chi connectivity index (χ0n) is 16.7. The number of nitrogens with zero attached hydrogens (tertiary/aromatic N) is 2. The minimum atomic E-state index is -0.289. The molecule has 9 heteroatoms. The molecule has 1 heterocycles. The minimum absolute atomic E-state index is 0.207. The van der Waals surface area contributed by atoms with Crippen molar-refractivity contribution in [2.24, 2.45) is 0 Å². The molecule has 0 aliphatic heterocycles. The Balaban J connectivity index is 1.60. The normalized spacial score (nSPS) is 10.8. The van der Waals surface area contributed by atoms with Crippen LogP contribution >= 0.6 is 11.6 Å². The van der Waals surface area contributed by atoms with Crippen LogP contribution in [0.1, 0.15) is 11.4 Å². The second-order valence-electron chi connectivity index (χ2n) is 6.12. The Kier molecular flexibility index (Phi) is 6.92. The Hall–Kier alpha value is -3.52. The highest BCUT2D eigenvalue weighted by atomic mass is 35.5. The van der Waals surface area contributed by atoms with Gasteiger partial charge in [0.2, 0.25) is 5.91 Å². The largest absolute Gasteiger partial charge is 0.497 e. The zero-order chi connectivity index (χ0) is 21.5. The monoisotopic (exact) mass is 428 g/mol. The van der Waals surface area contributed by atoms with E-state index in [1.165, 1.54) is 20.3 Å². The molecule has 2 N–H and O–H groups in total. The highest BCUT2D eigenvalue weighted by molar-refractivity contribution is 6.32. The smallest absolute Gasteiger partial charge is 0.244 e. The van der Waals surface area contributed by atoms with Gasteiger partial charge in [0.15, 0.2) is 17.3 Å². The molecule has 0 unspecified atom stereocenters. The highest BCUT2D eigenvalue weighted by Gasteiger charge is 2.10. The number of benzene rings is 2. The number of aromatic amines is 1. The maximum atomic E-state index is 12.1. The van der Waals surface area contributed by atoms with Crippen LogP contribution in [0.25, 0.3) is 17.5 Å². The Morgan fingerprint density at radius 2 is 1.90 bits per heavy atom. The van der Waals surface area contributed by atoms with E-state index in [4.69, 9.17) is 25.8 Å². The van der Waals surface area contributed by atoms with Crippen molar-refractivity contribution in [1.82, 2.24) is 20.5 Å². The van der Waals surface area contributed by atoms with E-state index < -0.39 is 0 Å². The molecule has 8 nitrogen and oxygen atoms in total. The quantitative estimate of drug-likeness (QED) is 0.533. The highest BCUT2D eigenvalue weighted by Crippen LogP contribution is 2.36. The Morgan fingerprint density at radius 3 is 2.57 bits per heavy atom. The summed E-state index contributed by atoms with van der Waals surface area (Å²) in [5.41, 5.74) is 1.55. The zero-order valence-corrected chi connectivity index (χ0v) is 17.5. The number of carbonyl (C=O) groups is 1. The lowest BCUT2D eigenvalue weighted by atomic mass is 10.2. The molecule has 1 aromatic heterocycles. The van der Waals surface area contributed by atoms with E-state index in [-0.39, 0.29) is 12.5 Å². The summed E-state index contributed by atoms with van der Waals surface area (Å²) < 4.78 is 15.6. The van der Waals surface area contributed by atoms with E-state index in [0.717, 1.165) is 11.3 Å². The summed E-state index contributed by atoms with van der Waals surface area (Å²) in [6, 6.07) is 10.8. The molecule has 0 radical (unpaired) electrons. The molecule has 0 atom stereocenters. The third-order valence-corrected chi connectivity index (χ3v) is 4.47. The molecule has 0 spiro atoms. The van der Waals surface area contributed by atoms with Gasteiger partial charge in [0.25, 0.3) is 0 Å². The van der Waals surface area contributed by atoms with Crippen molar-refractivity contribution in [2.45, 2.75) is 6.54 Å². The summed E-state index contributed by atoms with van der Waals surface area (Å²) in [5.74, 6) is 2.47. The fourth-order valence-electron chi connectivity index (χ4n) is 2.68. The van der Waals surface area contributed by atoms with Crippen LogP contribution in [0.15, 0.2) is 42.5 Å². The third-order valence-electron chi connectivity index (χ3n) is 4.19. The Labute approximate surface area is 178 Å². The van der Waals surface area contributed by atoms with Crippen LogP contribution in [-0.2, 0) is 11.3 Å². The molecular weight excluding hydrogens is 408 g/mol. The maximum Gasteiger partial charge on any atom is 0.244 e. The number of H-pyrrole nitrogens is 1. The number of methoxy groups -OCH3 is 3. The molecule has 0 saturated carbocycles. The van der Waals surface area contributed by atoms with Crippen molar-refractivity contribution in [3.05, 3.63) is 58.9 Å². The number of aromatic nitrogens is 3. The van der Waals surface area contributed by atoms with Gasteiger partial charge in [-0.2, -0.15) is 5.10 Å². The first-order chi connectivity index (χ1) is 14.5. The summed E-state index contributed by atoms with van der Waals surface area (Å²) in [5, 5.41) is 10.1. The van der Waals surface area contributed by atoms with Gasteiger partial charge in [-0.15, -0.1) is 0 Å². The minimum Gasteiger partial charge on any atom is -0.497 e. The summed E-state index contributed by atoms with van der Waals surface area (Å²) in [4.78, 5) is 16.5. The number of hydrogen-bond donors (Lipinski definition) is 2. The molecule has 30 heavy (non-hydrogen) atoms. The average Bonchev–Trinajstić information content (AvgIpc) is 3.25. The standard InChI is InChI=1S/C21H21ClN4O4/c1-28-15-7-5-14(6-8-15)21-24-18(25-26-21)12-23-19(27)9-4-13-10-16(22)20(30-3)17(11-13)29-2/h4-11H,12H2,1-3H3,(H,23,27)(H,24,25,26)/b9-4+. The van der Waals surface area contributed by atoms with E-state index >= 15 is 0 Å². The molecule has 3 aromatic rings. The van der Waals surface area contributed by atoms with Gasteiger partial charge in [-0.25, -0.2) is 4.98 Å². The van der Waals surface area contributed by atoms with Gasteiger partial charge in [-0.3, -0.25) is 9.89 Å². The van der Waals surface area contributed by atoms with E-state index in [0.29, 0.717) is 33.7 Å². The first-order valence-corrected chi connectivity index (χ1v) is 9.35. The number of carbonyl (C=O) groups excluding carboxylic acids is 1. The Bertz CT molecular complexity index is 1050. The molecule has 156 valence electrons. The number of amides is 1. The van der Waals surface area contributed by atoms with Gasteiger partial charge in [-0.1, -0.05) is 11.6 Å². The molecule has 0 aliphatic rings. The molecule has 1 amide bonds. The molecular formula is C21H21ClN4O4. The molecule has 0 aliphatic carbocycles. The third kappa shape index (κ3) is 5.09. The van der Waals surface area contributed by atoms with Crippen LogP contribution < -0.4 is 19.5 Å². The predicted molar refractivity (Wildman–Crippen MR) is 114 cm³/mol. The first kappa shape index (κ1) is 21.2. The fraction of sp³-hybridized carbons (Fsp3) is 0.190. The lowest BCUT2D eigenvalue weighted by molar-refractivity contribution is -0.116. The maximum absolute atomic E-state index is 12.1. The van der Waals surface area contributed by atoms with Crippen molar-refractivity contribution in [1.29, 1.82) is 0 Å². The summed E-state index contributed by atoms with van der Waals surface area (Å²) in [6.45, 7) is 0.207.